The highest BCUT2D eigenvalue weighted by Gasteiger charge is 2.36. The molecule has 1 saturated heterocycles. The Labute approximate surface area is 226 Å². The molecule has 0 unspecified atom stereocenters. The second-order valence-corrected chi connectivity index (χ2v) is 9.19. The lowest BCUT2D eigenvalue weighted by Crippen LogP contribution is -2.36. The van der Waals surface area contributed by atoms with Crippen molar-refractivity contribution in [2.75, 3.05) is 25.6 Å². The molecule has 2 aromatic carbocycles. The van der Waals surface area contributed by atoms with Crippen molar-refractivity contribution < 1.29 is 42.2 Å². The number of anilines is 1. The third-order valence-electron chi connectivity index (χ3n) is 5.08. The maximum Gasteiger partial charge on any atom is 0.387 e. The monoisotopic (exact) mass is 568 g/mol. The lowest BCUT2D eigenvalue weighted by atomic mass is 10.2. The lowest BCUT2D eigenvalue weighted by Gasteiger charge is -2.13. The van der Waals surface area contributed by atoms with Crippen molar-refractivity contribution in [2.24, 2.45) is 0 Å². The van der Waals surface area contributed by atoms with Gasteiger partial charge in [0.05, 0.1) is 29.2 Å². The number of hydrogen-bond donors (Lipinski definition) is 1. The average molecular weight is 569 g/mol. The molecule has 1 N–H and O–H groups in total. The number of nitrogens with one attached hydrogen (secondary N) is 1. The molecule has 3 rings (SSSR count). The van der Waals surface area contributed by atoms with Crippen molar-refractivity contribution in [2.45, 2.75) is 26.4 Å². The number of alkyl halides is 2. The van der Waals surface area contributed by atoms with E-state index < -0.39 is 36.2 Å². The molecule has 0 aliphatic carbocycles. The number of carbonyl (C=O) groups is 4. The number of imide groups is 1. The summed E-state index contributed by atoms with van der Waals surface area (Å²) in [5.41, 5.74) is 0.676. The molecule has 1 fully saturated rings. The number of amides is 3. The molecule has 1 aliphatic heterocycles. The lowest BCUT2D eigenvalue weighted by molar-refractivity contribution is -0.127. The van der Waals surface area contributed by atoms with E-state index >= 15 is 0 Å². The van der Waals surface area contributed by atoms with Crippen LogP contribution in [0.2, 0.25) is 5.02 Å². The van der Waals surface area contributed by atoms with Gasteiger partial charge in [0.1, 0.15) is 6.54 Å². The van der Waals surface area contributed by atoms with E-state index in [0.717, 1.165) is 11.3 Å². The van der Waals surface area contributed by atoms with Gasteiger partial charge in [0.15, 0.2) is 11.5 Å². The van der Waals surface area contributed by atoms with Crippen molar-refractivity contribution in [3.05, 3.63) is 57.5 Å². The largest absolute Gasteiger partial charge is 0.493 e. The summed E-state index contributed by atoms with van der Waals surface area (Å²) in [6.07, 6.45) is 2.90. The summed E-state index contributed by atoms with van der Waals surface area (Å²) in [7, 11) is 1.27. The van der Waals surface area contributed by atoms with Crippen LogP contribution in [-0.2, 0) is 14.3 Å². The van der Waals surface area contributed by atoms with E-state index in [0.29, 0.717) is 23.7 Å². The fraction of sp³-hybridized carbons (Fsp3) is 0.280. The summed E-state index contributed by atoms with van der Waals surface area (Å²) in [5, 5.41) is 2.00. The molecule has 3 amide bonds. The van der Waals surface area contributed by atoms with E-state index in [9.17, 15) is 28.0 Å². The summed E-state index contributed by atoms with van der Waals surface area (Å²) in [4.78, 5) is 50.8. The van der Waals surface area contributed by atoms with Crippen LogP contribution < -0.4 is 14.8 Å². The van der Waals surface area contributed by atoms with Crippen LogP contribution in [0.5, 0.6) is 11.5 Å². The fourth-order valence-corrected chi connectivity index (χ4v) is 4.28. The highest BCUT2D eigenvalue weighted by Crippen LogP contribution is 2.35. The van der Waals surface area contributed by atoms with Crippen molar-refractivity contribution >= 4 is 58.1 Å². The van der Waals surface area contributed by atoms with Gasteiger partial charge in [-0.3, -0.25) is 19.3 Å². The first-order chi connectivity index (χ1) is 18.1. The van der Waals surface area contributed by atoms with Gasteiger partial charge in [-0.25, -0.2) is 4.79 Å². The first-order valence-corrected chi connectivity index (χ1v) is 12.5. The van der Waals surface area contributed by atoms with E-state index in [-0.39, 0.29) is 39.3 Å². The minimum Gasteiger partial charge on any atom is -0.493 e. The summed E-state index contributed by atoms with van der Waals surface area (Å²) in [6, 6.07) is 8.25. The zero-order valence-electron chi connectivity index (χ0n) is 20.3. The summed E-state index contributed by atoms with van der Waals surface area (Å²) >= 11 is 6.70. The molecule has 38 heavy (non-hydrogen) atoms. The Bertz CT molecular complexity index is 1270. The van der Waals surface area contributed by atoms with Crippen molar-refractivity contribution in [1.29, 1.82) is 0 Å². The Kier molecular flexibility index (Phi) is 10.1. The number of methoxy groups -OCH3 is 1. The van der Waals surface area contributed by atoms with Gasteiger partial charge in [0.2, 0.25) is 5.91 Å². The molecule has 202 valence electrons. The molecule has 0 spiro atoms. The Balaban J connectivity index is 1.68. The summed E-state index contributed by atoms with van der Waals surface area (Å²) < 4.78 is 39.6. The molecule has 2 aromatic rings. The van der Waals surface area contributed by atoms with Crippen LogP contribution in [0, 0.1) is 0 Å². The number of halogens is 3. The van der Waals surface area contributed by atoms with Gasteiger partial charge in [-0.15, -0.1) is 0 Å². The molecule has 0 radical (unpaired) electrons. The van der Waals surface area contributed by atoms with Crippen molar-refractivity contribution in [1.82, 2.24) is 4.90 Å². The van der Waals surface area contributed by atoms with Crippen LogP contribution in [0.4, 0.5) is 19.3 Å². The molecule has 0 aromatic heterocycles. The minimum atomic E-state index is -3.04. The quantitative estimate of drug-likeness (QED) is 0.212. The number of rotatable bonds is 11. The van der Waals surface area contributed by atoms with E-state index in [1.165, 1.54) is 49.6 Å². The molecule has 13 heteroatoms. The van der Waals surface area contributed by atoms with Crippen molar-refractivity contribution in [3.8, 4) is 11.5 Å². The highest BCUT2D eigenvalue weighted by molar-refractivity contribution is 8.18. The van der Waals surface area contributed by atoms with Gasteiger partial charge in [-0.1, -0.05) is 31.0 Å². The van der Waals surface area contributed by atoms with Crippen LogP contribution in [0.15, 0.2) is 41.3 Å². The van der Waals surface area contributed by atoms with E-state index in [2.05, 4.69) is 10.1 Å². The topological polar surface area (TPSA) is 111 Å². The maximum atomic E-state index is 12.8. The molecule has 0 saturated carbocycles. The summed E-state index contributed by atoms with van der Waals surface area (Å²) in [6.45, 7) is -1.44. The standard InChI is InChI=1S/C25H23ClF2N2O7S/c1-3-4-9-36-23(33)16-12-15(6-7-17(16)26)29-21(31)13-30-22(32)20(38-25(30)34)11-14-5-8-18(37-24(27)28)19(10-14)35-2/h5-8,10-12,24H,3-4,9,13H2,1-2H3,(H,29,31)/b20-11-. The van der Waals surface area contributed by atoms with Crippen LogP contribution in [0.1, 0.15) is 35.7 Å². The molecule has 1 heterocycles. The Morgan fingerprint density at radius 1 is 1.16 bits per heavy atom. The second-order valence-electron chi connectivity index (χ2n) is 7.79. The van der Waals surface area contributed by atoms with Gasteiger partial charge in [-0.2, -0.15) is 8.78 Å². The molecule has 0 bridgehead atoms. The number of thioether (sulfide) groups is 1. The van der Waals surface area contributed by atoms with Gasteiger partial charge in [0.25, 0.3) is 11.1 Å². The number of nitrogens with zero attached hydrogens (tertiary/aromatic N) is 1. The first-order valence-electron chi connectivity index (χ1n) is 11.3. The van der Waals surface area contributed by atoms with Gasteiger partial charge in [0, 0.05) is 5.69 Å². The van der Waals surface area contributed by atoms with Crippen LogP contribution in [-0.4, -0.2) is 54.8 Å². The van der Waals surface area contributed by atoms with Crippen LogP contribution in [0.25, 0.3) is 6.08 Å². The number of hydrogen-bond acceptors (Lipinski definition) is 8. The van der Waals surface area contributed by atoms with Gasteiger partial charge in [-0.05, 0) is 60.2 Å². The number of carbonyl (C=O) groups excluding carboxylic acids is 4. The Hall–Kier alpha value is -3.64. The number of unbranched alkanes of at least 4 members (excludes halogenated alkanes) is 1. The highest BCUT2D eigenvalue weighted by atomic mass is 35.5. The third kappa shape index (κ3) is 7.45. The number of benzene rings is 2. The van der Waals surface area contributed by atoms with E-state index in [1.54, 1.807) is 0 Å². The predicted molar refractivity (Wildman–Crippen MR) is 138 cm³/mol. The normalized spacial score (nSPS) is 14.3. The summed E-state index contributed by atoms with van der Waals surface area (Å²) in [5.74, 6) is -2.21. The minimum absolute atomic E-state index is 0.00855. The average Bonchev–Trinajstić information content (AvgIpc) is 3.13. The van der Waals surface area contributed by atoms with Gasteiger partial charge < -0.3 is 19.5 Å². The second kappa shape index (κ2) is 13.2. The third-order valence-corrected chi connectivity index (χ3v) is 6.31. The first kappa shape index (κ1) is 28.9. The molecule has 0 atom stereocenters. The molecular formula is C25H23ClF2N2O7S. The smallest absolute Gasteiger partial charge is 0.387 e. The SMILES string of the molecule is CCCCOC(=O)c1cc(NC(=O)CN2C(=O)S/C(=C\c3ccc(OC(F)F)c(OC)c3)C2=O)ccc1Cl. The van der Waals surface area contributed by atoms with Crippen LogP contribution in [0.3, 0.4) is 0 Å². The van der Waals surface area contributed by atoms with Gasteiger partial charge >= 0.3 is 12.6 Å². The Morgan fingerprint density at radius 2 is 1.92 bits per heavy atom. The zero-order chi connectivity index (χ0) is 27.8. The van der Waals surface area contributed by atoms with Crippen molar-refractivity contribution in [3.63, 3.8) is 0 Å². The zero-order valence-corrected chi connectivity index (χ0v) is 21.9. The molecule has 9 nitrogen and oxygen atoms in total. The van der Waals surface area contributed by atoms with Crippen LogP contribution >= 0.6 is 23.4 Å². The number of ether oxygens (including phenoxy) is 3. The van der Waals surface area contributed by atoms with E-state index in [4.69, 9.17) is 21.1 Å². The maximum absolute atomic E-state index is 12.8. The molecular weight excluding hydrogens is 546 g/mol. The predicted octanol–water partition coefficient (Wildman–Crippen LogP) is 5.58. The Morgan fingerprint density at radius 3 is 2.61 bits per heavy atom. The number of esters is 1. The van der Waals surface area contributed by atoms with E-state index in [1.807, 2.05) is 6.92 Å². The fourth-order valence-electron chi connectivity index (χ4n) is 3.25. The molecule has 1 aliphatic rings.